The highest BCUT2D eigenvalue weighted by Crippen LogP contribution is 2.26. The van der Waals surface area contributed by atoms with Crippen LogP contribution in [-0.4, -0.2) is 15.4 Å². The first-order valence-corrected chi connectivity index (χ1v) is 9.77. The molecule has 4 nitrogen and oxygen atoms in total. The molecule has 1 aromatic rings. The third kappa shape index (κ3) is 5.56. The quantitative estimate of drug-likeness (QED) is 0.605. The predicted molar refractivity (Wildman–Crippen MR) is 103 cm³/mol. The van der Waals surface area contributed by atoms with E-state index in [2.05, 4.69) is 30.3 Å². The molecule has 1 rings (SSSR count). The van der Waals surface area contributed by atoms with Gasteiger partial charge in [-0.05, 0) is 44.8 Å². The second-order valence-corrected chi connectivity index (χ2v) is 7.10. The average Bonchev–Trinajstić information content (AvgIpc) is 2.89. The van der Waals surface area contributed by atoms with Gasteiger partial charge in [-0.2, -0.15) is 0 Å². The van der Waals surface area contributed by atoms with Gasteiger partial charge in [0.05, 0.1) is 5.69 Å². The molecule has 2 unspecified atom stereocenters. The minimum Gasteiger partial charge on any atom is -0.361 e. The van der Waals surface area contributed by atoms with Crippen molar-refractivity contribution >= 4 is 16.6 Å². The summed E-state index contributed by atoms with van der Waals surface area (Å²) in [5.74, 6) is 0.753. The van der Waals surface area contributed by atoms with E-state index in [9.17, 15) is 4.21 Å². The number of hydrogen-bond donors (Lipinski definition) is 1. The summed E-state index contributed by atoms with van der Waals surface area (Å²) >= 11 is 0. The molecule has 0 aliphatic heterocycles. The average molecular weight is 351 g/mol. The van der Waals surface area contributed by atoms with Gasteiger partial charge in [0.15, 0.2) is 0 Å². The molecule has 0 saturated carbocycles. The molecule has 0 fully saturated rings. The lowest BCUT2D eigenvalue weighted by atomic mass is 10.0. The summed E-state index contributed by atoms with van der Waals surface area (Å²) in [4.78, 5) is 0.859. The van der Waals surface area contributed by atoms with E-state index in [-0.39, 0.29) is 6.04 Å². The highest BCUT2D eigenvalue weighted by atomic mass is 32.2. The number of allylic oxidation sites excluding steroid dienone is 5. The Bertz CT molecular complexity index is 610. The topological polar surface area (TPSA) is 55.1 Å². The van der Waals surface area contributed by atoms with Crippen LogP contribution >= 0.6 is 0 Å². The predicted octanol–water partition coefficient (Wildman–Crippen LogP) is 4.99. The van der Waals surface area contributed by atoms with E-state index in [1.165, 1.54) is 0 Å². The van der Waals surface area contributed by atoms with E-state index >= 15 is 0 Å². The van der Waals surface area contributed by atoms with Crippen molar-refractivity contribution in [2.24, 2.45) is 0 Å². The van der Waals surface area contributed by atoms with E-state index in [1.807, 2.05) is 32.9 Å². The summed E-state index contributed by atoms with van der Waals surface area (Å²) in [5, 5.41) is 4.01. The molecule has 0 bridgehead atoms. The number of nitrogens with zero attached hydrogens (tertiary/aromatic N) is 1. The first-order chi connectivity index (χ1) is 11.5. The molecule has 1 aromatic heterocycles. The first kappa shape index (κ1) is 20.6. The van der Waals surface area contributed by atoms with Crippen LogP contribution in [0.15, 0.2) is 34.2 Å². The number of aryl methyl sites for hydroxylation is 2. The first-order valence-electron chi connectivity index (χ1n) is 8.62. The fourth-order valence-corrected chi connectivity index (χ4v) is 3.84. The van der Waals surface area contributed by atoms with Gasteiger partial charge in [-0.25, -0.2) is 8.93 Å². The van der Waals surface area contributed by atoms with Crippen molar-refractivity contribution < 1.29 is 8.73 Å². The fraction of sp³-hybridized carbons (Fsp3) is 0.526. The summed E-state index contributed by atoms with van der Waals surface area (Å²) in [5.41, 5.74) is 2.69. The summed E-state index contributed by atoms with van der Waals surface area (Å²) in [6.07, 6.45) is 9.38. The molecule has 0 aliphatic carbocycles. The smallest absolute Gasteiger partial charge is 0.141 e. The van der Waals surface area contributed by atoms with Crippen LogP contribution in [0.25, 0.3) is 5.57 Å². The minimum absolute atomic E-state index is 0.275. The van der Waals surface area contributed by atoms with Crippen LogP contribution in [0.2, 0.25) is 0 Å². The zero-order chi connectivity index (χ0) is 18.1. The Hall–Kier alpha value is -1.46. The van der Waals surface area contributed by atoms with Crippen LogP contribution in [0.1, 0.15) is 63.5 Å². The van der Waals surface area contributed by atoms with Crippen molar-refractivity contribution in [3.8, 4) is 0 Å². The Kier molecular flexibility index (Phi) is 8.93. The van der Waals surface area contributed by atoms with Crippen LogP contribution in [0.4, 0.5) is 0 Å². The van der Waals surface area contributed by atoms with E-state index in [1.54, 1.807) is 6.08 Å². The molecule has 0 amide bonds. The van der Waals surface area contributed by atoms with Crippen molar-refractivity contribution in [3.05, 3.63) is 46.7 Å². The molecule has 2 atom stereocenters. The summed E-state index contributed by atoms with van der Waals surface area (Å²) < 4.78 is 21.3. The Balaban J connectivity index is 3.12. The minimum atomic E-state index is -1.20. The van der Waals surface area contributed by atoms with Gasteiger partial charge in [0.25, 0.3) is 0 Å². The standard InChI is InChI=1S/C19H30N2O2S/c1-7-11-16(19-14(5)20-23-15(19)6)13-18(10-4)24(22)21-17(9-3)12-8-2/h7,11,13,17,21H,1,8-10,12H2,2-6H3/b16-11+,18-13+. The lowest BCUT2D eigenvalue weighted by Crippen LogP contribution is -2.30. The largest absolute Gasteiger partial charge is 0.361 e. The van der Waals surface area contributed by atoms with Gasteiger partial charge in [-0.1, -0.05) is 51.1 Å². The molecule has 134 valence electrons. The number of hydrogen-bond acceptors (Lipinski definition) is 3. The lowest BCUT2D eigenvalue weighted by molar-refractivity contribution is 0.393. The number of rotatable bonds is 10. The van der Waals surface area contributed by atoms with Crippen LogP contribution < -0.4 is 4.72 Å². The lowest BCUT2D eigenvalue weighted by Gasteiger charge is -2.16. The summed E-state index contributed by atoms with van der Waals surface area (Å²) in [7, 11) is -1.20. The molecular formula is C19H30N2O2S. The maximum Gasteiger partial charge on any atom is 0.141 e. The van der Waals surface area contributed by atoms with Gasteiger partial charge < -0.3 is 4.52 Å². The summed E-state index contributed by atoms with van der Waals surface area (Å²) in [6, 6.07) is 0.275. The Morgan fingerprint density at radius 2 is 2.08 bits per heavy atom. The van der Waals surface area contributed by atoms with E-state index in [0.29, 0.717) is 6.42 Å². The Labute approximate surface area is 148 Å². The normalized spacial score (nSPS) is 15.4. The van der Waals surface area contributed by atoms with E-state index in [4.69, 9.17) is 4.52 Å². The molecule has 1 heterocycles. The highest BCUT2D eigenvalue weighted by Gasteiger charge is 2.16. The van der Waals surface area contributed by atoms with Gasteiger partial charge >= 0.3 is 0 Å². The van der Waals surface area contributed by atoms with Gasteiger partial charge in [0.1, 0.15) is 16.7 Å². The van der Waals surface area contributed by atoms with Crippen molar-refractivity contribution in [1.29, 1.82) is 0 Å². The fourth-order valence-electron chi connectivity index (χ4n) is 2.61. The van der Waals surface area contributed by atoms with E-state index in [0.717, 1.165) is 46.8 Å². The zero-order valence-electron chi connectivity index (χ0n) is 15.5. The second-order valence-electron chi connectivity index (χ2n) is 5.80. The molecule has 0 aromatic carbocycles. The molecule has 0 spiro atoms. The second kappa shape index (κ2) is 10.4. The van der Waals surface area contributed by atoms with Gasteiger partial charge in [0.2, 0.25) is 0 Å². The van der Waals surface area contributed by atoms with Crippen LogP contribution in [-0.2, 0) is 11.0 Å². The monoisotopic (exact) mass is 350 g/mol. The van der Waals surface area contributed by atoms with E-state index < -0.39 is 11.0 Å². The molecule has 1 N–H and O–H groups in total. The molecule has 24 heavy (non-hydrogen) atoms. The summed E-state index contributed by atoms with van der Waals surface area (Å²) in [6.45, 7) is 13.9. The van der Waals surface area contributed by atoms with Crippen LogP contribution in [0, 0.1) is 13.8 Å². The van der Waals surface area contributed by atoms with Gasteiger partial charge in [0, 0.05) is 16.5 Å². The van der Waals surface area contributed by atoms with Gasteiger partial charge in [-0.15, -0.1) is 0 Å². The van der Waals surface area contributed by atoms with Crippen LogP contribution in [0.3, 0.4) is 0 Å². The third-order valence-corrected chi connectivity index (χ3v) is 5.36. The third-order valence-electron chi connectivity index (χ3n) is 3.93. The Morgan fingerprint density at radius 3 is 2.54 bits per heavy atom. The highest BCUT2D eigenvalue weighted by molar-refractivity contribution is 7.87. The number of aromatic nitrogens is 1. The molecular weight excluding hydrogens is 320 g/mol. The zero-order valence-corrected chi connectivity index (χ0v) is 16.3. The maximum absolute atomic E-state index is 12.7. The maximum atomic E-state index is 12.7. The van der Waals surface area contributed by atoms with Crippen molar-refractivity contribution in [2.45, 2.75) is 66.3 Å². The molecule has 0 radical (unpaired) electrons. The van der Waals surface area contributed by atoms with Crippen LogP contribution in [0.5, 0.6) is 0 Å². The molecule has 0 aliphatic rings. The number of nitrogens with one attached hydrogen (secondary N) is 1. The molecule has 0 saturated heterocycles. The SMILES string of the molecule is C=C/C=C(\C=C(/CC)S(=O)NC(CC)CCC)c1c(C)noc1C. The molecule has 5 heteroatoms. The van der Waals surface area contributed by atoms with Crippen molar-refractivity contribution in [1.82, 2.24) is 9.88 Å². The van der Waals surface area contributed by atoms with Crippen molar-refractivity contribution in [2.75, 3.05) is 0 Å². The van der Waals surface area contributed by atoms with Gasteiger partial charge in [-0.3, -0.25) is 0 Å². The Morgan fingerprint density at radius 1 is 1.38 bits per heavy atom. The van der Waals surface area contributed by atoms with Crippen molar-refractivity contribution in [3.63, 3.8) is 0 Å².